The van der Waals surface area contributed by atoms with Gasteiger partial charge in [-0.25, -0.2) is 4.79 Å². The first-order valence-corrected chi connectivity index (χ1v) is 8.58. The van der Waals surface area contributed by atoms with Crippen molar-refractivity contribution in [2.75, 3.05) is 13.1 Å². The summed E-state index contributed by atoms with van der Waals surface area (Å²) >= 11 is 3.38. The molecule has 1 aromatic rings. The minimum absolute atomic E-state index is 0.0296. The van der Waals surface area contributed by atoms with Gasteiger partial charge in [-0.15, -0.1) is 0 Å². The molecule has 1 fully saturated rings. The van der Waals surface area contributed by atoms with E-state index < -0.39 is 11.7 Å². The lowest BCUT2D eigenvalue weighted by Crippen LogP contribution is -2.47. The number of carbonyl (C=O) groups is 2. The van der Waals surface area contributed by atoms with E-state index in [-0.39, 0.29) is 11.9 Å². The first-order valence-electron chi connectivity index (χ1n) is 7.79. The van der Waals surface area contributed by atoms with E-state index in [1.54, 1.807) is 0 Å². The average molecular weight is 383 g/mol. The van der Waals surface area contributed by atoms with Crippen LogP contribution in [0.1, 0.15) is 44.0 Å². The first kappa shape index (κ1) is 17.8. The van der Waals surface area contributed by atoms with Crippen LogP contribution in [-0.4, -0.2) is 41.6 Å². The third-order valence-corrected chi connectivity index (χ3v) is 4.07. The Morgan fingerprint density at radius 2 is 1.91 bits per heavy atom. The van der Waals surface area contributed by atoms with E-state index in [0.29, 0.717) is 18.7 Å². The molecule has 126 valence electrons. The van der Waals surface area contributed by atoms with Gasteiger partial charge in [0.1, 0.15) is 5.60 Å². The fourth-order valence-electron chi connectivity index (χ4n) is 2.51. The predicted molar refractivity (Wildman–Crippen MR) is 92.4 cm³/mol. The van der Waals surface area contributed by atoms with Gasteiger partial charge in [0.05, 0.1) is 0 Å². The SMILES string of the molecule is CC(C)(C)OC(=O)NC1CCN(C(=O)c2cccc(Br)c2)CC1. The number of hydrogen-bond donors (Lipinski definition) is 1. The van der Waals surface area contributed by atoms with E-state index in [2.05, 4.69) is 21.2 Å². The minimum Gasteiger partial charge on any atom is -0.444 e. The predicted octanol–water partition coefficient (Wildman–Crippen LogP) is 3.58. The Balaban J connectivity index is 1.84. The van der Waals surface area contributed by atoms with Gasteiger partial charge in [0.25, 0.3) is 5.91 Å². The Morgan fingerprint density at radius 3 is 2.48 bits per heavy atom. The molecule has 1 aliphatic rings. The maximum absolute atomic E-state index is 12.5. The average Bonchev–Trinajstić information content (AvgIpc) is 2.45. The summed E-state index contributed by atoms with van der Waals surface area (Å²) in [5.41, 5.74) is 0.180. The highest BCUT2D eigenvalue weighted by Crippen LogP contribution is 2.17. The van der Waals surface area contributed by atoms with Crippen molar-refractivity contribution >= 4 is 27.9 Å². The van der Waals surface area contributed by atoms with Crippen LogP contribution in [0.15, 0.2) is 28.7 Å². The van der Waals surface area contributed by atoms with Crippen LogP contribution in [0.4, 0.5) is 4.79 Å². The number of hydrogen-bond acceptors (Lipinski definition) is 3. The fraction of sp³-hybridized carbons (Fsp3) is 0.529. The van der Waals surface area contributed by atoms with Crippen molar-refractivity contribution in [3.05, 3.63) is 34.3 Å². The van der Waals surface area contributed by atoms with Gasteiger partial charge in [0, 0.05) is 29.2 Å². The van der Waals surface area contributed by atoms with Gasteiger partial charge in [-0.05, 0) is 51.8 Å². The van der Waals surface area contributed by atoms with E-state index in [1.807, 2.05) is 49.9 Å². The quantitative estimate of drug-likeness (QED) is 0.850. The van der Waals surface area contributed by atoms with Gasteiger partial charge in [0.2, 0.25) is 0 Å². The van der Waals surface area contributed by atoms with E-state index in [0.717, 1.165) is 17.3 Å². The standard InChI is InChI=1S/C17H23BrN2O3/c1-17(2,3)23-16(22)19-14-7-9-20(10-8-14)15(21)12-5-4-6-13(18)11-12/h4-6,11,14H,7-10H2,1-3H3,(H,19,22). The summed E-state index contributed by atoms with van der Waals surface area (Å²) < 4.78 is 6.15. The van der Waals surface area contributed by atoms with Crippen LogP contribution in [0.2, 0.25) is 0 Å². The van der Waals surface area contributed by atoms with Crippen molar-refractivity contribution in [2.24, 2.45) is 0 Å². The topological polar surface area (TPSA) is 58.6 Å². The van der Waals surface area contributed by atoms with Gasteiger partial charge in [-0.3, -0.25) is 4.79 Å². The normalized spacial score (nSPS) is 16.1. The molecule has 0 spiro atoms. The van der Waals surface area contributed by atoms with Crippen LogP contribution < -0.4 is 5.32 Å². The highest BCUT2D eigenvalue weighted by atomic mass is 79.9. The van der Waals surface area contributed by atoms with Gasteiger partial charge in [-0.2, -0.15) is 0 Å². The van der Waals surface area contributed by atoms with Gasteiger partial charge >= 0.3 is 6.09 Å². The molecule has 5 nitrogen and oxygen atoms in total. The first-order chi connectivity index (χ1) is 10.7. The minimum atomic E-state index is -0.499. The number of ether oxygens (including phenoxy) is 1. The molecule has 1 saturated heterocycles. The van der Waals surface area contributed by atoms with Crippen molar-refractivity contribution in [3.8, 4) is 0 Å². The summed E-state index contributed by atoms with van der Waals surface area (Å²) in [5, 5.41) is 2.88. The van der Waals surface area contributed by atoms with Gasteiger partial charge < -0.3 is 15.0 Å². The van der Waals surface area contributed by atoms with Crippen LogP contribution in [-0.2, 0) is 4.74 Å². The van der Waals surface area contributed by atoms with Crippen molar-refractivity contribution in [1.82, 2.24) is 10.2 Å². The molecule has 23 heavy (non-hydrogen) atoms. The highest BCUT2D eigenvalue weighted by Gasteiger charge is 2.26. The Labute approximate surface area is 145 Å². The molecular formula is C17H23BrN2O3. The third-order valence-electron chi connectivity index (χ3n) is 3.57. The molecule has 6 heteroatoms. The molecule has 1 heterocycles. The second kappa shape index (κ2) is 7.34. The smallest absolute Gasteiger partial charge is 0.407 e. The molecule has 1 aliphatic heterocycles. The summed E-state index contributed by atoms with van der Waals surface area (Å²) in [5.74, 6) is 0.0296. The second-order valence-corrected chi connectivity index (χ2v) is 7.64. The lowest BCUT2D eigenvalue weighted by atomic mass is 10.0. The zero-order valence-electron chi connectivity index (χ0n) is 13.8. The highest BCUT2D eigenvalue weighted by molar-refractivity contribution is 9.10. The maximum Gasteiger partial charge on any atom is 0.407 e. The van der Waals surface area contributed by atoms with Crippen molar-refractivity contribution < 1.29 is 14.3 Å². The molecule has 0 saturated carbocycles. The zero-order valence-corrected chi connectivity index (χ0v) is 15.4. The number of benzene rings is 1. The number of alkyl carbamates (subject to hydrolysis) is 1. The lowest BCUT2D eigenvalue weighted by Gasteiger charge is -2.33. The number of piperidine rings is 1. The van der Waals surface area contributed by atoms with Crippen molar-refractivity contribution in [1.29, 1.82) is 0 Å². The Morgan fingerprint density at radius 1 is 1.26 bits per heavy atom. The summed E-state index contributed by atoms with van der Waals surface area (Å²) in [6, 6.07) is 7.45. The van der Waals surface area contributed by atoms with Gasteiger partial charge in [-0.1, -0.05) is 22.0 Å². The molecule has 0 bridgehead atoms. The van der Waals surface area contributed by atoms with E-state index in [9.17, 15) is 9.59 Å². The number of amides is 2. The Bertz CT molecular complexity index is 575. The molecule has 0 unspecified atom stereocenters. The molecule has 0 atom stereocenters. The molecule has 2 rings (SSSR count). The maximum atomic E-state index is 12.5. The molecule has 0 radical (unpaired) electrons. The third kappa shape index (κ3) is 5.53. The van der Waals surface area contributed by atoms with E-state index >= 15 is 0 Å². The molecule has 2 amide bonds. The Kier molecular flexibility index (Phi) is 5.68. The molecular weight excluding hydrogens is 360 g/mol. The van der Waals surface area contributed by atoms with Crippen molar-refractivity contribution in [2.45, 2.75) is 45.3 Å². The van der Waals surface area contributed by atoms with Crippen LogP contribution in [0.5, 0.6) is 0 Å². The fourth-order valence-corrected chi connectivity index (χ4v) is 2.90. The van der Waals surface area contributed by atoms with Crippen LogP contribution in [0, 0.1) is 0 Å². The van der Waals surface area contributed by atoms with E-state index in [1.165, 1.54) is 0 Å². The number of carbonyl (C=O) groups excluding carboxylic acids is 2. The largest absolute Gasteiger partial charge is 0.444 e. The second-order valence-electron chi connectivity index (χ2n) is 6.72. The molecule has 1 aromatic carbocycles. The summed E-state index contributed by atoms with van der Waals surface area (Å²) in [4.78, 5) is 26.1. The molecule has 0 aliphatic carbocycles. The Hall–Kier alpha value is -1.56. The summed E-state index contributed by atoms with van der Waals surface area (Å²) in [6.45, 7) is 6.78. The monoisotopic (exact) mass is 382 g/mol. The van der Waals surface area contributed by atoms with Gasteiger partial charge in [0.15, 0.2) is 0 Å². The molecule has 0 aromatic heterocycles. The summed E-state index contributed by atoms with van der Waals surface area (Å²) in [7, 11) is 0. The number of halogens is 1. The number of rotatable bonds is 2. The van der Waals surface area contributed by atoms with Crippen molar-refractivity contribution in [3.63, 3.8) is 0 Å². The van der Waals surface area contributed by atoms with Crippen LogP contribution in [0.25, 0.3) is 0 Å². The van der Waals surface area contributed by atoms with Crippen LogP contribution >= 0.6 is 15.9 Å². The summed E-state index contributed by atoms with van der Waals surface area (Å²) in [6.07, 6.45) is 1.08. The number of likely N-dealkylation sites (tertiary alicyclic amines) is 1. The van der Waals surface area contributed by atoms with E-state index in [4.69, 9.17) is 4.74 Å². The lowest BCUT2D eigenvalue weighted by molar-refractivity contribution is 0.0473. The van der Waals surface area contributed by atoms with Crippen LogP contribution in [0.3, 0.4) is 0 Å². The molecule has 1 N–H and O–H groups in total. The zero-order chi connectivity index (χ0) is 17.0. The number of nitrogens with zero attached hydrogens (tertiary/aromatic N) is 1. The number of nitrogens with one attached hydrogen (secondary N) is 1.